The van der Waals surface area contributed by atoms with Crippen molar-refractivity contribution in [3.8, 4) is 11.5 Å². The maximum atomic E-state index is 14.2. The van der Waals surface area contributed by atoms with Gasteiger partial charge >= 0.3 is 0 Å². The molecule has 0 unspecified atom stereocenters. The van der Waals surface area contributed by atoms with E-state index in [-0.39, 0.29) is 29.1 Å². The first-order valence-electron chi connectivity index (χ1n) is 14.7. The molecule has 3 aromatic carbocycles. The van der Waals surface area contributed by atoms with Gasteiger partial charge in [0.05, 0.1) is 24.8 Å². The van der Waals surface area contributed by atoms with E-state index in [1.807, 2.05) is 31.2 Å². The monoisotopic (exact) mass is 685 g/mol. The highest BCUT2D eigenvalue weighted by atomic mass is 79.9. The van der Waals surface area contributed by atoms with Crippen LogP contribution in [0.15, 0.2) is 76.1 Å². The Morgan fingerprint density at radius 3 is 2.27 bits per heavy atom. The number of carbonyl (C=O) groups excluding carboxylic acids is 2. The van der Waals surface area contributed by atoms with Gasteiger partial charge in [0, 0.05) is 23.1 Å². The molecule has 236 valence electrons. The smallest absolute Gasteiger partial charge is 0.264 e. The minimum absolute atomic E-state index is 0.0346. The molecule has 0 saturated heterocycles. The standard InChI is InChI=1S/C33H40BrN3O6S/c1-23-13-16-29(17-14-23)44(40,41)37(28-15-18-30(42-3)31(20-28)43-4)22-32(38)36(21-25-9-8-10-26(34)19-25)24(2)33(39)35-27-11-6-5-7-12-27/h8-10,13-20,24,27H,5-7,11-12,21-22H2,1-4H3,(H,35,39)/t24-/m1/s1. The van der Waals surface area contributed by atoms with Gasteiger partial charge in [-0.3, -0.25) is 13.9 Å². The molecule has 4 rings (SSSR count). The van der Waals surface area contributed by atoms with Crippen LogP contribution >= 0.6 is 15.9 Å². The Morgan fingerprint density at radius 2 is 1.64 bits per heavy atom. The van der Waals surface area contributed by atoms with Gasteiger partial charge in [0.15, 0.2) is 11.5 Å². The van der Waals surface area contributed by atoms with E-state index in [1.54, 1.807) is 31.2 Å². The van der Waals surface area contributed by atoms with Gasteiger partial charge in [-0.15, -0.1) is 0 Å². The number of rotatable bonds is 12. The summed E-state index contributed by atoms with van der Waals surface area (Å²) < 4.78 is 40.9. The number of hydrogen-bond acceptors (Lipinski definition) is 6. The number of anilines is 1. The first kappa shape index (κ1) is 33.3. The van der Waals surface area contributed by atoms with Gasteiger partial charge in [0.25, 0.3) is 10.0 Å². The fourth-order valence-electron chi connectivity index (χ4n) is 5.33. The molecule has 1 aliphatic rings. The molecule has 1 atom stereocenters. The van der Waals surface area contributed by atoms with Crippen molar-refractivity contribution in [1.82, 2.24) is 10.2 Å². The Labute approximate surface area is 268 Å². The van der Waals surface area contributed by atoms with E-state index in [0.29, 0.717) is 11.5 Å². The van der Waals surface area contributed by atoms with Crippen LogP contribution in [0.25, 0.3) is 0 Å². The maximum Gasteiger partial charge on any atom is 0.264 e. The van der Waals surface area contributed by atoms with Crippen molar-refractivity contribution in [3.05, 3.63) is 82.3 Å². The number of hydrogen-bond donors (Lipinski definition) is 1. The quantitative estimate of drug-likeness (QED) is 0.257. The van der Waals surface area contributed by atoms with Gasteiger partial charge in [-0.1, -0.05) is 65.0 Å². The van der Waals surface area contributed by atoms with Crippen molar-refractivity contribution < 1.29 is 27.5 Å². The van der Waals surface area contributed by atoms with Crippen LogP contribution in [0, 0.1) is 6.92 Å². The fourth-order valence-corrected chi connectivity index (χ4v) is 7.18. The molecule has 1 saturated carbocycles. The molecule has 2 amide bonds. The highest BCUT2D eigenvalue weighted by molar-refractivity contribution is 9.10. The second-order valence-electron chi connectivity index (χ2n) is 11.0. The Balaban J connectivity index is 1.72. The van der Waals surface area contributed by atoms with Crippen LogP contribution in [0.4, 0.5) is 5.69 Å². The van der Waals surface area contributed by atoms with Crippen LogP contribution in [0.1, 0.15) is 50.2 Å². The Bertz CT molecular complexity index is 1560. The van der Waals surface area contributed by atoms with Gasteiger partial charge in [-0.25, -0.2) is 8.42 Å². The molecule has 1 fully saturated rings. The lowest BCUT2D eigenvalue weighted by Crippen LogP contribution is -2.53. The molecule has 3 aromatic rings. The van der Waals surface area contributed by atoms with Crippen LogP contribution in [0.2, 0.25) is 0 Å². The van der Waals surface area contributed by atoms with E-state index in [9.17, 15) is 18.0 Å². The lowest BCUT2D eigenvalue weighted by molar-refractivity contribution is -0.139. The number of amides is 2. The van der Waals surface area contributed by atoms with Crippen LogP contribution < -0.4 is 19.1 Å². The number of ether oxygens (including phenoxy) is 2. The molecule has 44 heavy (non-hydrogen) atoms. The minimum Gasteiger partial charge on any atom is -0.493 e. The first-order chi connectivity index (χ1) is 21.0. The van der Waals surface area contributed by atoms with Crippen molar-refractivity contribution >= 4 is 43.5 Å². The second-order valence-corrected chi connectivity index (χ2v) is 13.8. The molecule has 11 heteroatoms. The number of benzene rings is 3. The van der Waals surface area contributed by atoms with E-state index in [1.165, 1.54) is 37.3 Å². The average molecular weight is 687 g/mol. The molecule has 9 nitrogen and oxygen atoms in total. The van der Waals surface area contributed by atoms with Crippen molar-refractivity contribution in [2.75, 3.05) is 25.1 Å². The van der Waals surface area contributed by atoms with Crippen molar-refractivity contribution in [3.63, 3.8) is 0 Å². The van der Waals surface area contributed by atoms with Crippen LogP contribution in [-0.2, 0) is 26.2 Å². The van der Waals surface area contributed by atoms with Crippen molar-refractivity contribution in [2.24, 2.45) is 0 Å². The summed E-state index contributed by atoms with van der Waals surface area (Å²) in [5.41, 5.74) is 1.91. The van der Waals surface area contributed by atoms with E-state index >= 15 is 0 Å². The summed E-state index contributed by atoms with van der Waals surface area (Å²) >= 11 is 3.48. The largest absolute Gasteiger partial charge is 0.493 e. The molecular formula is C33H40BrN3O6S. The van der Waals surface area contributed by atoms with Crippen LogP contribution in [-0.4, -0.2) is 58.0 Å². The molecular weight excluding hydrogens is 646 g/mol. The topological polar surface area (TPSA) is 105 Å². The third kappa shape index (κ3) is 8.12. The van der Waals surface area contributed by atoms with Crippen LogP contribution in [0.3, 0.4) is 0 Å². The van der Waals surface area contributed by atoms with Gasteiger partial charge in [-0.05, 0) is 68.7 Å². The third-order valence-electron chi connectivity index (χ3n) is 7.90. The summed E-state index contributed by atoms with van der Waals surface area (Å²) in [6.45, 7) is 3.12. The first-order valence-corrected chi connectivity index (χ1v) is 16.9. The van der Waals surface area contributed by atoms with Crippen molar-refractivity contribution in [2.45, 2.75) is 69.5 Å². The zero-order valence-electron chi connectivity index (χ0n) is 25.6. The van der Waals surface area contributed by atoms with Gasteiger partial charge in [-0.2, -0.15) is 0 Å². The van der Waals surface area contributed by atoms with E-state index < -0.39 is 28.5 Å². The van der Waals surface area contributed by atoms with Crippen molar-refractivity contribution in [1.29, 1.82) is 0 Å². The van der Waals surface area contributed by atoms with Gasteiger partial charge in [0.1, 0.15) is 12.6 Å². The summed E-state index contributed by atoms with van der Waals surface area (Å²) in [5.74, 6) is -0.0617. The molecule has 0 spiro atoms. The number of methoxy groups -OCH3 is 2. The third-order valence-corrected chi connectivity index (χ3v) is 10.2. The van der Waals surface area contributed by atoms with Crippen LogP contribution in [0.5, 0.6) is 11.5 Å². The zero-order chi connectivity index (χ0) is 31.9. The summed E-state index contributed by atoms with van der Waals surface area (Å²) in [5, 5.41) is 3.12. The van der Waals surface area contributed by atoms with Gasteiger partial charge < -0.3 is 19.7 Å². The molecule has 0 aromatic heterocycles. The highest BCUT2D eigenvalue weighted by Gasteiger charge is 2.33. The average Bonchev–Trinajstić information content (AvgIpc) is 3.02. The lowest BCUT2D eigenvalue weighted by Gasteiger charge is -2.33. The second kappa shape index (κ2) is 14.9. The Kier molecular flexibility index (Phi) is 11.3. The molecule has 0 aliphatic heterocycles. The fraction of sp³-hybridized carbons (Fsp3) is 0.394. The van der Waals surface area contributed by atoms with Gasteiger partial charge in [0.2, 0.25) is 11.8 Å². The molecule has 1 aliphatic carbocycles. The Morgan fingerprint density at radius 1 is 0.955 bits per heavy atom. The molecule has 1 N–H and O–H groups in total. The maximum absolute atomic E-state index is 14.2. The summed E-state index contributed by atoms with van der Waals surface area (Å²) in [6.07, 6.45) is 5.06. The predicted molar refractivity (Wildman–Crippen MR) is 174 cm³/mol. The Hall–Kier alpha value is -3.57. The normalized spacial score (nSPS) is 14.4. The number of sulfonamides is 1. The SMILES string of the molecule is COc1ccc(N(CC(=O)N(Cc2cccc(Br)c2)[C@H](C)C(=O)NC2CCCCC2)S(=O)(=O)c2ccc(C)cc2)cc1OC. The van der Waals surface area contributed by atoms with E-state index in [4.69, 9.17) is 9.47 Å². The van der Waals surface area contributed by atoms with E-state index in [0.717, 1.165) is 52.0 Å². The van der Waals surface area contributed by atoms with E-state index in [2.05, 4.69) is 21.2 Å². The lowest BCUT2D eigenvalue weighted by atomic mass is 9.95. The molecule has 0 bridgehead atoms. The number of nitrogens with zero attached hydrogens (tertiary/aromatic N) is 2. The number of halogens is 1. The summed E-state index contributed by atoms with van der Waals surface area (Å²) in [6, 6.07) is 17.8. The predicted octanol–water partition coefficient (Wildman–Crippen LogP) is 5.84. The minimum atomic E-state index is -4.21. The summed E-state index contributed by atoms with van der Waals surface area (Å²) in [4.78, 5) is 29.2. The summed E-state index contributed by atoms with van der Waals surface area (Å²) in [7, 11) is -1.27. The number of nitrogens with one attached hydrogen (secondary N) is 1. The number of aryl methyl sites for hydroxylation is 1. The molecule has 0 heterocycles. The molecule has 0 radical (unpaired) electrons. The zero-order valence-corrected chi connectivity index (χ0v) is 28.0. The number of carbonyl (C=O) groups is 2. The highest BCUT2D eigenvalue weighted by Crippen LogP contribution is 2.34.